The summed E-state index contributed by atoms with van der Waals surface area (Å²) < 4.78 is 13.6. The van der Waals surface area contributed by atoms with Crippen molar-refractivity contribution in [1.82, 2.24) is 14.8 Å². The predicted octanol–water partition coefficient (Wildman–Crippen LogP) is 6.18. The van der Waals surface area contributed by atoms with Gasteiger partial charge in [0.1, 0.15) is 11.5 Å². The van der Waals surface area contributed by atoms with Gasteiger partial charge in [-0.1, -0.05) is 57.7 Å². The molecule has 7 heteroatoms. The van der Waals surface area contributed by atoms with E-state index in [-0.39, 0.29) is 17.6 Å². The first-order chi connectivity index (χ1) is 15.8. The number of ether oxygens (including phenoxy) is 2. The van der Waals surface area contributed by atoms with Crippen molar-refractivity contribution in [2.75, 3.05) is 12.9 Å². The van der Waals surface area contributed by atoms with Crippen LogP contribution in [-0.2, 0) is 6.54 Å². The first-order valence-corrected chi connectivity index (χ1v) is 12.3. The lowest BCUT2D eigenvalue weighted by Gasteiger charge is -2.20. The summed E-state index contributed by atoms with van der Waals surface area (Å²) in [6, 6.07) is 15.3. The Morgan fingerprint density at radius 1 is 1.00 bits per heavy atom. The molecule has 0 bridgehead atoms. The molecule has 1 atom stereocenters. The zero-order valence-corrected chi connectivity index (χ0v) is 21.1. The number of hydrogen-bond donors (Lipinski definition) is 0. The molecule has 0 N–H and O–H groups in total. The number of nitrogens with zero attached hydrogens (tertiary/aromatic N) is 3. The van der Waals surface area contributed by atoms with E-state index in [1.807, 2.05) is 25.1 Å². The van der Waals surface area contributed by atoms with Crippen molar-refractivity contribution < 1.29 is 14.3 Å². The summed E-state index contributed by atoms with van der Waals surface area (Å²) in [5.74, 6) is 3.44. The van der Waals surface area contributed by atoms with E-state index in [4.69, 9.17) is 9.47 Å². The van der Waals surface area contributed by atoms with E-state index in [9.17, 15) is 4.79 Å². The summed E-state index contributed by atoms with van der Waals surface area (Å²) in [6.45, 7) is 11.4. The number of hydrogen-bond acceptors (Lipinski definition) is 6. The van der Waals surface area contributed by atoms with Crippen molar-refractivity contribution in [3.8, 4) is 11.5 Å². The number of ketones is 1. The number of rotatable bonds is 11. The summed E-state index contributed by atoms with van der Waals surface area (Å²) >= 11 is 1.41. The maximum absolute atomic E-state index is 12.7. The van der Waals surface area contributed by atoms with Gasteiger partial charge in [0.2, 0.25) is 0 Å². The van der Waals surface area contributed by atoms with Gasteiger partial charge >= 0.3 is 0 Å². The molecule has 176 valence electrons. The third kappa shape index (κ3) is 6.38. The molecule has 3 aromatic rings. The van der Waals surface area contributed by atoms with E-state index in [1.165, 1.54) is 17.3 Å². The van der Waals surface area contributed by atoms with Gasteiger partial charge in [0, 0.05) is 12.1 Å². The first kappa shape index (κ1) is 24.8. The molecule has 0 fully saturated rings. The third-order valence-corrected chi connectivity index (χ3v) is 6.21. The van der Waals surface area contributed by atoms with Crippen LogP contribution in [0.4, 0.5) is 0 Å². The van der Waals surface area contributed by atoms with Crippen molar-refractivity contribution in [3.63, 3.8) is 0 Å². The van der Waals surface area contributed by atoms with E-state index in [1.54, 1.807) is 31.4 Å². The number of Topliss-reactive ketones (excluding diaryl/α,β-unsaturated/α-hetero) is 1. The number of benzene rings is 2. The summed E-state index contributed by atoms with van der Waals surface area (Å²) in [4.78, 5) is 12.7. The third-order valence-electron chi connectivity index (χ3n) is 5.25. The lowest BCUT2D eigenvalue weighted by Crippen LogP contribution is -2.16. The van der Waals surface area contributed by atoms with Crippen LogP contribution in [0.15, 0.2) is 53.7 Å². The first-order valence-electron chi connectivity index (χ1n) is 11.3. The molecule has 0 radical (unpaired) electrons. The number of aromatic nitrogens is 3. The van der Waals surface area contributed by atoms with Crippen LogP contribution < -0.4 is 9.47 Å². The van der Waals surface area contributed by atoms with Crippen molar-refractivity contribution >= 4 is 17.5 Å². The average molecular weight is 468 g/mol. The fourth-order valence-corrected chi connectivity index (χ4v) is 4.39. The molecule has 1 aromatic heterocycles. The Hall–Kier alpha value is -2.80. The fraction of sp³-hybridized carbons (Fsp3) is 0.423. The molecule has 2 aromatic carbocycles. The predicted molar refractivity (Wildman–Crippen MR) is 132 cm³/mol. The average Bonchev–Trinajstić information content (AvgIpc) is 3.19. The summed E-state index contributed by atoms with van der Waals surface area (Å²) in [5.41, 5.74) is 1.82. The van der Waals surface area contributed by atoms with E-state index in [0.717, 1.165) is 29.0 Å². The Morgan fingerprint density at radius 3 is 2.33 bits per heavy atom. The van der Waals surface area contributed by atoms with Gasteiger partial charge in [0.15, 0.2) is 22.9 Å². The maximum atomic E-state index is 12.7. The van der Waals surface area contributed by atoms with E-state index >= 15 is 0 Å². The van der Waals surface area contributed by atoms with Gasteiger partial charge in [-0.15, -0.1) is 10.2 Å². The minimum Gasteiger partial charge on any atom is -0.497 e. The quantitative estimate of drug-likeness (QED) is 0.248. The largest absolute Gasteiger partial charge is 0.497 e. The molecule has 3 rings (SSSR count). The van der Waals surface area contributed by atoms with Gasteiger partial charge in [-0.25, -0.2) is 0 Å². The standard InChI is InChI=1S/C26H33N3O3S/c1-17(2)15-29-25(19(5)32-24-10-8-7-9-22(24)18(3)4)27-28-26(29)33-16-23(30)20-11-13-21(31-6)14-12-20/h7-14,17-19H,15-16H2,1-6H3. The lowest BCUT2D eigenvalue weighted by molar-refractivity contribution is 0.102. The number of para-hydroxylation sites is 1. The Bertz CT molecular complexity index is 1060. The Labute approximate surface area is 200 Å². The van der Waals surface area contributed by atoms with Crippen molar-refractivity contribution in [2.24, 2.45) is 5.92 Å². The molecule has 0 aliphatic heterocycles. The molecular weight excluding hydrogens is 434 g/mol. The smallest absolute Gasteiger partial charge is 0.191 e. The van der Waals surface area contributed by atoms with Crippen LogP contribution in [0.3, 0.4) is 0 Å². The second-order valence-electron chi connectivity index (χ2n) is 8.74. The van der Waals surface area contributed by atoms with Crippen molar-refractivity contribution in [3.05, 3.63) is 65.5 Å². The van der Waals surface area contributed by atoms with Crippen LogP contribution in [0.5, 0.6) is 11.5 Å². The van der Waals surface area contributed by atoms with Crippen LogP contribution in [0.2, 0.25) is 0 Å². The molecule has 0 aliphatic rings. The van der Waals surface area contributed by atoms with Crippen LogP contribution in [-0.4, -0.2) is 33.4 Å². The van der Waals surface area contributed by atoms with Gasteiger partial charge in [0.05, 0.1) is 12.9 Å². The molecular formula is C26H33N3O3S. The second kappa shape index (κ2) is 11.4. The SMILES string of the molecule is COc1ccc(C(=O)CSc2nnc(C(C)Oc3ccccc3C(C)C)n2CC(C)C)cc1. The summed E-state index contributed by atoms with van der Waals surface area (Å²) in [6.07, 6.45) is -0.275. The second-order valence-corrected chi connectivity index (χ2v) is 9.68. The van der Waals surface area contributed by atoms with Crippen LogP contribution in [0, 0.1) is 5.92 Å². The molecule has 0 saturated carbocycles. The van der Waals surface area contributed by atoms with E-state index < -0.39 is 0 Å². The highest BCUT2D eigenvalue weighted by Crippen LogP contribution is 2.31. The fourth-order valence-electron chi connectivity index (χ4n) is 3.54. The molecule has 0 spiro atoms. The Balaban J connectivity index is 1.77. The highest BCUT2D eigenvalue weighted by molar-refractivity contribution is 7.99. The topological polar surface area (TPSA) is 66.2 Å². The minimum atomic E-state index is -0.275. The summed E-state index contributed by atoms with van der Waals surface area (Å²) in [5, 5.41) is 9.59. The molecule has 1 unspecified atom stereocenters. The van der Waals surface area contributed by atoms with E-state index in [0.29, 0.717) is 17.4 Å². The highest BCUT2D eigenvalue weighted by Gasteiger charge is 2.22. The van der Waals surface area contributed by atoms with Crippen LogP contribution in [0.1, 0.15) is 68.4 Å². The molecule has 33 heavy (non-hydrogen) atoms. The van der Waals surface area contributed by atoms with Crippen LogP contribution in [0.25, 0.3) is 0 Å². The van der Waals surface area contributed by atoms with Crippen molar-refractivity contribution in [2.45, 2.75) is 58.3 Å². The van der Waals surface area contributed by atoms with Crippen molar-refractivity contribution in [1.29, 1.82) is 0 Å². The van der Waals surface area contributed by atoms with E-state index in [2.05, 4.69) is 48.5 Å². The monoisotopic (exact) mass is 467 g/mol. The van der Waals surface area contributed by atoms with Gasteiger partial charge < -0.3 is 14.0 Å². The number of carbonyl (C=O) groups is 1. The zero-order valence-electron chi connectivity index (χ0n) is 20.2. The number of thioether (sulfide) groups is 1. The summed E-state index contributed by atoms with van der Waals surface area (Å²) in [7, 11) is 1.61. The maximum Gasteiger partial charge on any atom is 0.191 e. The zero-order chi connectivity index (χ0) is 24.0. The van der Waals surface area contributed by atoms with Gasteiger partial charge in [-0.3, -0.25) is 4.79 Å². The Kier molecular flexibility index (Phi) is 8.55. The molecule has 0 amide bonds. The lowest BCUT2D eigenvalue weighted by atomic mass is 10.0. The highest BCUT2D eigenvalue weighted by atomic mass is 32.2. The molecule has 0 saturated heterocycles. The minimum absolute atomic E-state index is 0.0402. The Morgan fingerprint density at radius 2 is 1.70 bits per heavy atom. The van der Waals surface area contributed by atoms with Crippen LogP contribution >= 0.6 is 11.8 Å². The molecule has 1 heterocycles. The normalized spacial score (nSPS) is 12.2. The van der Waals surface area contributed by atoms with Gasteiger partial charge in [-0.2, -0.15) is 0 Å². The number of carbonyl (C=O) groups excluding carboxylic acids is 1. The molecule has 0 aliphatic carbocycles. The number of methoxy groups -OCH3 is 1. The molecule has 6 nitrogen and oxygen atoms in total. The van der Waals surface area contributed by atoms with Gasteiger partial charge in [-0.05, 0) is 54.7 Å². The van der Waals surface area contributed by atoms with Gasteiger partial charge in [0.25, 0.3) is 0 Å².